The first kappa shape index (κ1) is 15.3. The van der Waals surface area contributed by atoms with Crippen LogP contribution in [0, 0.1) is 0 Å². The maximum atomic E-state index is 11.9. The van der Waals surface area contributed by atoms with Gasteiger partial charge in [0.1, 0.15) is 17.2 Å². The second-order valence-corrected chi connectivity index (χ2v) is 5.50. The van der Waals surface area contributed by atoms with Crippen LogP contribution in [0.4, 0.5) is 0 Å². The number of amides is 1. The largest absolute Gasteiger partial charge is 0.461 e. The molecule has 1 aromatic rings. The van der Waals surface area contributed by atoms with Gasteiger partial charge in [-0.05, 0) is 38.5 Å². The molecule has 2 N–H and O–H groups in total. The maximum Gasteiger partial charge on any atom is 0.270 e. The zero-order valence-corrected chi connectivity index (χ0v) is 12.9. The topological polar surface area (TPSA) is 71.8 Å². The van der Waals surface area contributed by atoms with Crippen LogP contribution in [0.1, 0.15) is 32.3 Å². The van der Waals surface area contributed by atoms with Gasteiger partial charge in [-0.15, -0.1) is 0 Å². The van der Waals surface area contributed by atoms with Crippen LogP contribution in [0.25, 0.3) is 5.57 Å². The Kier molecular flexibility index (Phi) is 4.14. The van der Waals surface area contributed by atoms with E-state index in [-0.39, 0.29) is 5.91 Å². The van der Waals surface area contributed by atoms with Crippen molar-refractivity contribution in [1.82, 2.24) is 4.90 Å². The SMILES string of the molecule is C=C(C)C(=C(C)C)c1ccc(CC2=NC(N)N(C)C2=O)o1. The zero-order valence-electron chi connectivity index (χ0n) is 12.9. The van der Waals surface area contributed by atoms with E-state index in [1.807, 2.05) is 32.9 Å². The van der Waals surface area contributed by atoms with E-state index in [0.717, 1.165) is 22.5 Å². The molecule has 0 bridgehead atoms. The number of hydrogen-bond acceptors (Lipinski definition) is 4. The number of nitrogens with two attached hydrogens (primary N) is 1. The van der Waals surface area contributed by atoms with Gasteiger partial charge in [0.15, 0.2) is 6.29 Å². The highest BCUT2D eigenvalue weighted by Gasteiger charge is 2.29. The first-order valence-electron chi connectivity index (χ1n) is 6.83. The molecule has 1 amide bonds. The molecule has 0 aromatic carbocycles. The van der Waals surface area contributed by atoms with Crippen molar-refractivity contribution in [3.8, 4) is 0 Å². The van der Waals surface area contributed by atoms with Crippen LogP contribution in [0.5, 0.6) is 0 Å². The number of hydrogen-bond donors (Lipinski definition) is 1. The summed E-state index contributed by atoms with van der Waals surface area (Å²) in [4.78, 5) is 17.5. The first-order valence-corrected chi connectivity index (χ1v) is 6.83. The summed E-state index contributed by atoms with van der Waals surface area (Å²) in [7, 11) is 1.64. The van der Waals surface area contributed by atoms with Crippen LogP contribution in [-0.2, 0) is 11.2 Å². The lowest BCUT2D eigenvalue weighted by molar-refractivity contribution is -0.123. The number of carbonyl (C=O) groups is 1. The zero-order chi connectivity index (χ0) is 15.7. The molecule has 0 saturated heterocycles. The molecule has 1 aliphatic heterocycles. The van der Waals surface area contributed by atoms with Gasteiger partial charge in [0, 0.05) is 12.6 Å². The predicted octanol–water partition coefficient (Wildman–Crippen LogP) is 2.35. The minimum Gasteiger partial charge on any atom is -0.461 e. The van der Waals surface area contributed by atoms with E-state index in [2.05, 4.69) is 11.6 Å². The fourth-order valence-electron chi connectivity index (χ4n) is 2.40. The number of allylic oxidation sites excluding steroid dienone is 3. The van der Waals surface area contributed by atoms with E-state index in [1.165, 1.54) is 4.90 Å². The third-order valence-corrected chi connectivity index (χ3v) is 3.43. The van der Waals surface area contributed by atoms with Crippen molar-refractivity contribution in [2.75, 3.05) is 7.05 Å². The Balaban J connectivity index is 2.22. The maximum absolute atomic E-state index is 11.9. The van der Waals surface area contributed by atoms with Crippen molar-refractivity contribution in [3.05, 3.63) is 41.4 Å². The molecular weight excluding hydrogens is 266 g/mol. The first-order chi connectivity index (χ1) is 9.81. The van der Waals surface area contributed by atoms with Crippen LogP contribution >= 0.6 is 0 Å². The average Bonchev–Trinajstić information content (AvgIpc) is 2.91. The highest BCUT2D eigenvalue weighted by atomic mass is 16.3. The Morgan fingerprint density at radius 2 is 2.10 bits per heavy atom. The Hall–Kier alpha value is -2.14. The Labute approximate surface area is 124 Å². The minimum absolute atomic E-state index is 0.150. The summed E-state index contributed by atoms with van der Waals surface area (Å²) in [6.07, 6.45) is -0.242. The van der Waals surface area contributed by atoms with Gasteiger partial charge < -0.3 is 9.32 Å². The van der Waals surface area contributed by atoms with Gasteiger partial charge >= 0.3 is 0 Å². The smallest absolute Gasteiger partial charge is 0.270 e. The van der Waals surface area contributed by atoms with E-state index in [0.29, 0.717) is 17.9 Å². The number of carbonyl (C=O) groups excluding carboxylic acids is 1. The second kappa shape index (κ2) is 5.69. The fourth-order valence-corrected chi connectivity index (χ4v) is 2.40. The normalized spacial score (nSPS) is 18.0. The molecular formula is C16H21N3O2. The molecule has 1 atom stereocenters. The van der Waals surface area contributed by atoms with Crippen LogP contribution < -0.4 is 5.73 Å². The van der Waals surface area contributed by atoms with E-state index in [4.69, 9.17) is 10.2 Å². The third kappa shape index (κ3) is 2.97. The summed E-state index contributed by atoms with van der Waals surface area (Å²) in [5.74, 6) is 1.31. The molecule has 2 heterocycles. The average molecular weight is 287 g/mol. The van der Waals surface area contributed by atoms with Gasteiger partial charge in [-0.3, -0.25) is 10.5 Å². The highest BCUT2D eigenvalue weighted by Crippen LogP contribution is 2.27. The third-order valence-electron chi connectivity index (χ3n) is 3.43. The van der Waals surface area contributed by atoms with Crippen molar-refractivity contribution in [1.29, 1.82) is 0 Å². The number of aliphatic imine (C=N–C) groups is 1. The van der Waals surface area contributed by atoms with Gasteiger partial charge in [0.05, 0.1) is 6.42 Å². The highest BCUT2D eigenvalue weighted by molar-refractivity contribution is 6.40. The quantitative estimate of drug-likeness (QED) is 0.864. The van der Waals surface area contributed by atoms with Gasteiger partial charge in [0.2, 0.25) is 0 Å². The fraction of sp³-hybridized carbons (Fsp3) is 0.375. The molecule has 1 aliphatic rings. The molecule has 0 fully saturated rings. The molecule has 112 valence electrons. The lowest BCUT2D eigenvalue weighted by Gasteiger charge is -2.11. The van der Waals surface area contributed by atoms with Crippen LogP contribution in [0.3, 0.4) is 0 Å². The molecule has 1 unspecified atom stereocenters. The molecule has 1 aromatic heterocycles. The van der Waals surface area contributed by atoms with Gasteiger partial charge in [-0.1, -0.05) is 12.2 Å². The summed E-state index contributed by atoms with van der Waals surface area (Å²) in [6.45, 7) is 9.96. The van der Waals surface area contributed by atoms with Gasteiger partial charge in [-0.25, -0.2) is 4.99 Å². The Bertz CT molecular complexity index is 648. The van der Waals surface area contributed by atoms with Crippen molar-refractivity contribution in [2.24, 2.45) is 10.7 Å². The molecule has 0 spiro atoms. The Morgan fingerprint density at radius 3 is 2.57 bits per heavy atom. The van der Waals surface area contributed by atoms with Crippen molar-refractivity contribution >= 4 is 17.2 Å². The van der Waals surface area contributed by atoms with Gasteiger partial charge in [-0.2, -0.15) is 0 Å². The van der Waals surface area contributed by atoms with Crippen LogP contribution in [-0.4, -0.2) is 29.9 Å². The van der Waals surface area contributed by atoms with E-state index >= 15 is 0 Å². The van der Waals surface area contributed by atoms with Crippen molar-refractivity contribution in [3.63, 3.8) is 0 Å². The molecule has 5 heteroatoms. The van der Waals surface area contributed by atoms with Gasteiger partial charge in [0.25, 0.3) is 5.91 Å². The lowest BCUT2D eigenvalue weighted by Crippen LogP contribution is -2.37. The lowest BCUT2D eigenvalue weighted by atomic mass is 10.0. The molecule has 21 heavy (non-hydrogen) atoms. The summed E-state index contributed by atoms with van der Waals surface area (Å²) >= 11 is 0. The van der Waals surface area contributed by atoms with Crippen molar-refractivity contribution < 1.29 is 9.21 Å². The predicted molar refractivity (Wildman–Crippen MR) is 83.7 cm³/mol. The number of rotatable bonds is 4. The number of furan rings is 1. The molecule has 5 nitrogen and oxygen atoms in total. The van der Waals surface area contributed by atoms with E-state index in [9.17, 15) is 4.79 Å². The molecule has 2 rings (SSSR count). The van der Waals surface area contributed by atoms with Crippen molar-refractivity contribution in [2.45, 2.75) is 33.5 Å². The summed E-state index contributed by atoms with van der Waals surface area (Å²) in [5.41, 5.74) is 9.24. The molecule has 0 saturated carbocycles. The number of nitrogens with zero attached hydrogens (tertiary/aromatic N) is 2. The van der Waals surface area contributed by atoms with E-state index < -0.39 is 6.29 Å². The monoisotopic (exact) mass is 287 g/mol. The molecule has 0 radical (unpaired) electrons. The Morgan fingerprint density at radius 1 is 1.43 bits per heavy atom. The minimum atomic E-state index is -0.592. The second-order valence-electron chi connectivity index (χ2n) is 5.50. The summed E-state index contributed by atoms with van der Waals surface area (Å²) in [5, 5.41) is 0. The van der Waals surface area contributed by atoms with Crippen LogP contribution in [0.2, 0.25) is 0 Å². The molecule has 0 aliphatic carbocycles. The standard InChI is InChI=1S/C16H21N3O2/c1-9(2)14(10(3)4)13-7-6-11(21-13)8-12-15(20)19(5)16(17)18-12/h6-7,16H,1,8,17H2,2-5H3. The van der Waals surface area contributed by atoms with Crippen LogP contribution in [0.15, 0.2) is 39.3 Å². The van der Waals surface area contributed by atoms with E-state index in [1.54, 1.807) is 7.05 Å². The summed E-state index contributed by atoms with van der Waals surface area (Å²) < 4.78 is 5.84. The summed E-state index contributed by atoms with van der Waals surface area (Å²) in [6, 6.07) is 3.76.